The summed E-state index contributed by atoms with van der Waals surface area (Å²) in [5.74, 6) is 0.00108. The van der Waals surface area contributed by atoms with Gasteiger partial charge in [0.25, 0.3) is 5.79 Å². The lowest BCUT2D eigenvalue weighted by Gasteiger charge is -2.23. The first-order chi connectivity index (χ1) is 10.1. The maximum Gasteiger partial charge on any atom is 0.412 e. The highest BCUT2D eigenvalue weighted by Crippen LogP contribution is 2.26. The Bertz CT molecular complexity index is 701. The van der Waals surface area contributed by atoms with Gasteiger partial charge in [-0.1, -0.05) is 0 Å². The van der Waals surface area contributed by atoms with Gasteiger partial charge in [-0.25, -0.2) is 14.3 Å². The average Bonchev–Trinajstić information content (AvgIpc) is 3.04. The van der Waals surface area contributed by atoms with Crippen LogP contribution in [0.4, 0.5) is 10.6 Å². The zero-order valence-electron chi connectivity index (χ0n) is 11.6. The predicted octanol–water partition coefficient (Wildman–Crippen LogP) is 1.94. The second-order valence-electron chi connectivity index (χ2n) is 4.65. The summed E-state index contributed by atoms with van der Waals surface area (Å²) in [6.45, 7) is 1.83. The van der Waals surface area contributed by atoms with E-state index in [9.17, 15) is 4.79 Å². The van der Waals surface area contributed by atoms with E-state index in [4.69, 9.17) is 9.47 Å². The lowest BCUT2D eigenvalue weighted by Crippen LogP contribution is -2.31. The molecule has 0 aliphatic carbocycles. The molecule has 1 amide bonds. The molecule has 0 saturated carbocycles. The number of nitrogens with one attached hydrogen (secondary N) is 1. The van der Waals surface area contributed by atoms with Gasteiger partial charge in [0, 0.05) is 19.4 Å². The van der Waals surface area contributed by atoms with Crippen molar-refractivity contribution in [3.05, 3.63) is 30.7 Å². The van der Waals surface area contributed by atoms with Crippen LogP contribution in [0.3, 0.4) is 0 Å². The summed E-state index contributed by atoms with van der Waals surface area (Å²) in [6.07, 6.45) is 5.11. The number of hydrogen-bond donors (Lipinski definition) is 1. The van der Waals surface area contributed by atoms with Crippen molar-refractivity contribution in [1.29, 1.82) is 0 Å². The van der Waals surface area contributed by atoms with Crippen molar-refractivity contribution in [3.63, 3.8) is 0 Å². The minimum atomic E-state index is -0.742. The highest BCUT2D eigenvalue weighted by molar-refractivity contribution is 5.83. The highest BCUT2D eigenvalue weighted by atomic mass is 16.7. The van der Waals surface area contributed by atoms with Gasteiger partial charge in [0.1, 0.15) is 0 Å². The number of imidazole rings is 1. The number of nitrogens with zero attached hydrogens (tertiary/aromatic N) is 3. The number of methoxy groups -OCH3 is 1. The van der Waals surface area contributed by atoms with E-state index in [-0.39, 0.29) is 0 Å². The van der Waals surface area contributed by atoms with E-state index >= 15 is 0 Å². The smallest absolute Gasteiger partial charge is 0.412 e. The van der Waals surface area contributed by atoms with Crippen molar-refractivity contribution < 1.29 is 19.0 Å². The Morgan fingerprint density at radius 2 is 2.38 bits per heavy atom. The number of carbonyl (C=O) groups is 1. The fourth-order valence-corrected chi connectivity index (χ4v) is 1.92. The van der Waals surface area contributed by atoms with Crippen LogP contribution in [0.5, 0.6) is 5.88 Å². The molecule has 1 aliphatic rings. The fourth-order valence-electron chi connectivity index (χ4n) is 1.92. The minimum absolute atomic E-state index is 0.344. The zero-order valence-corrected chi connectivity index (χ0v) is 11.6. The Labute approximate surface area is 120 Å². The molecule has 21 heavy (non-hydrogen) atoms. The highest BCUT2D eigenvalue weighted by Gasteiger charge is 2.30. The van der Waals surface area contributed by atoms with Crippen LogP contribution in [0.1, 0.15) is 13.3 Å². The van der Waals surface area contributed by atoms with E-state index in [1.165, 1.54) is 11.6 Å². The van der Waals surface area contributed by atoms with Crippen LogP contribution in [0.25, 0.3) is 5.65 Å². The van der Waals surface area contributed by atoms with E-state index in [2.05, 4.69) is 20.1 Å². The van der Waals surface area contributed by atoms with Crippen molar-refractivity contribution in [2.75, 3.05) is 12.4 Å². The van der Waals surface area contributed by atoms with Gasteiger partial charge in [-0.3, -0.25) is 5.32 Å². The van der Waals surface area contributed by atoms with Crippen molar-refractivity contribution in [3.8, 4) is 5.88 Å². The third kappa shape index (κ3) is 2.73. The molecule has 0 aromatic carbocycles. The van der Waals surface area contributed by atoms with Gasteiger partial charge in [0.05, 0.1) is 19.6 Å². The molecule has 1 N–H and O–H groups in total. The Morgan fingerprint density at radius 1 is 1.52 bits per heavy atom. The number of hydrogen-bond acceptors (Lipinski definition) is 6. The van der Waals surface area contributed by atoms with Crippen molar-refractivity contribution in [2.45, 2.75) is 19.1 Å². The molecular weight excluding hydrogens is 276 g/mol. The monoisotopic (exact) mass is 290 g/mol. The zero-order chi connectivity index (χ0) is 14.9. The van der Waals surface area contributed by atoms with Gasteiger partial charge in [0.2, 0.25) is 5.88 Å². The topological polar surface area (TPSA) is 87.0 Å². The molecule has 8 heteroatoms. The molecule has 8 nitrogen and oxygen atoms in total. The molecule has 0 fully saturated rings. The lowest BCUT2D eigenvalue weighted by molar-refractivity contribution is -0.115. The van der Waals surface area contributed by atoms with E-state index in [0.29, 0.717) is 23.8 Å². The van der Waals surface area contributed by atoms with Crippen LogP contribution < -0.4 is 10.1 Å². The molecular formula is C13H14N4O4. The molecule has 2 aromatic heterocycles. The lowest BCUT2D eigenvalue weighted by atomic mass is 10.2. The number of amides is 1. The van der Waals surface area contributed by atoms with Crippen LogP contribution >= 0.6 is 0 Å². The minimum Gasteiger partial charge on any atom is -0.460 e. The maximum atomic E-state index is 11.1. The normalized spacial score (nSPS) is 20.3. The summed E-state index contributed by atoms with van der Waals surface area (Å²) in [4.78, 5) is 15.3. The van der Waals surface area contributed by atoms with Crippen LogP contribution in [0.15, 0.2) is 30.7 Å². The van der Waals surface area contributed by atoms with Gasteiger partial charge in [-0.05, 0) is 12.1 Å². The number of ether oxygens (including phenoxy) is 3. The van der Waals surface area contributed by atoms with Crippen molar-refractivity contribution in [2.24, 2.45) is 0 Å². The van der Waals surface area contributed by atoms with Gasteiger partial charge >= 0.3 is 6.09 Å². The van der Waals surface area contributed by atoms with Crippen molar-refractivity contribution in [1.82, 2.24) is 14.6 Å². The second-order valence-corrected chi connectivity index (χ2v) is 4.65. The Kier molecular flexibility index (Phi) is 3.13. The summed E-state index contributed by atoms with van der Waals surface area (Å²) in [7, 11) is 1.28. The molecule has 0 radical (unpaired) electrons. The number of anilines is 1. The third-order valence-corrected chi connectivity index (χ3v) is 2.93. The van der Waals surface area contributed by atoms with Gasteiger partial charge in [-0.2, -0.15) is 0 Å². The maximum absolute atomic E-state index is 11.1. The summed E-state index contributed by atoms with van der Waals surface area (Å²) in [5.41, 5.74) is 0.573. The largest absolute Gasteiger partial charge is 0.460 e. The van der Waals surface area contributed by atoms with E-state index in [1.54, 1.807) is 24.6 Å². The molecule has 1 aliphatic heterocycles. The first-order valence-corrected chi connectivity index (χ1v) is 6.31. The molecule has 1 unspecified atom stereocenters. The Morgan fingerprint density at radius 3 is 3.10 bits per heavy atom. The van der Waals surface area contributed by atoms with Crippen molar-refractivity contribution >= 4 is 17.6 Å². The van der Waals surface area contributed by atoms with Crippen LogP contribution in [0.2, 0.25) is 0 Å². The molecule has 1 atom stereocenters. The number of carbonyl (C=O) groups excluding carboxylic acids is 1. The average molecular weight is 290 g/mol. The molecule has 0 spiro atoms. The summed E-state index contributed by atoms with van der Waals surface area (Å²) in [5, 5.41) is 6.74. The van der Waals surface area contributed by atoms with E-state index in [1.807, 2.05) is 13.0 Å². The standard InChI is InChI=1S/C13H14N4O4/c1-13(6-3-7-20-13)21-11-5-4-10-14-9(8-17(10)16-11)15-12(18)19-2/h3-5,7-8H,6H2,1-2H3,(H,15,18). The number of rotatable bonds is 3. The number of aromatic nitrogens is 3. The molecule has 3 rings (SSSR count). The summed E-state index contributed by atoms with van der Waals surface area (Å²) in [6, 6.07) is 3.42. The quantitative estimate of drug-likeness (QED) is 0.929. The molecule has 2 aromatic rings. The van der Waals surface area contributed by atoms with Crippen LogP contribution in [-0.4, -0.2) is 33.6 Å². The Balaban J connectivity index is 1.81. The van der Waals surface area contributed by atoms with Crippen LogP contribution in [0, 0.1) is 0 Å². The SMILES string of the molecule is COC(=O)Nc1cn2nc(OC3(C)CC=CO3)ccc2n1. The predicted molar refractivity (Wildman–Crippen MR) is 72.9 cm³/mol. The van der Waals surface area contributed by atoms with Crippen LogP contribution in [-0.2, 0) is 9.47 Å². The third-order valence-electron chi connectivity index (χ3n) is 2.93. The van der Waals surface area contributed by atoms with Gasteiger partial charge in [-0.15, -0.1) is 5.10 Å². The first kappa shape index (κ1) is 13.2. The van der Waals surface area contributed by atoms with E-state index in [0.717, 1.165) is 0 Å². The van der Waals surface area contributed by atoms with Gasteiger partial charge in [0.15, 0.2) is 11.5 Å². The number of fused-ring (bicyclic) bond motifs is 1. The first-order valence-electron chi connectivity index (χ1n) is 6.31. The summed E-state index contributed by atoms with van der Waals surface area (Å²) < 4.78 is 17.1. The molecule has 0 saturated heterocycles. The molecule has 110 valence electrons. The molecule has 0 bridgehead atoms. The second kappa shape index (κ2) is 4.97. The Hall–Kier alpha value is -2.77. The molecule has 3 heterocycles. The summed E-state index contributed by atoms with van der Waals surface area (Å²) >= 11 is 0. The van der Waals surface area contributed by atoms with E-state index < -0.39 is 11.9 Å². The van der Waals surface area contributed by atoms with Gasteiger partial charge < -0.3 is 14.2 Å². The fraction of sp³-hybridized carbons (Fsp3) is 0.308.